The molecule has 8 heteroatoms. The lowest BCUT2D eigenvalue weighted by molar-refractivity contribution is 0.256. The third-order valence-corrected chi connectivity index (χ3v) is 5.15. The average Bonchev–Trinajstić information content (AvgIpc) is 2.85. The van der Waals surface area contributed by atoms with Gasteiger partial charge in [0.05, 0.1) is 11.4 Å². The molecule has 1 aliphatic rings. The van der Waals surface area contributed by atoms with Gasteiger partial charge in [0.1, 0.15) is 16.3 Å². The Bertz CT molecular complexity index is 665. The predicted molar refractivity (Wildman–Crippen MR) is 78.6 cm³/mol. The van der Waals surface area contributed by atoms with Gasteiger partial charge >= 0.3 is 0 Å². The molecule has 2 rings (SSSR count). The minimum absolute atomic E-state index is 0.0617. The first-order chi connectivity index (χ1) is 9.45. The normalized spacial score (nSPS) is 15.2. The van der Waals surface area contributed by atoms with Gasteiger partial charge in [-0.2, -0.15) is 8.73 Å². The van der Waals surface area contributed by atoms with Crippen molar-refractivity contribution in [3.05, 3.63) is 18.2 Å². The summed E-state index contributed by atoms with van der Waals surface area (Å²) in [6.45, 7) is 3.76. The quantitative estimate of drug-likeness (QED) is 0.855. The van der Waals surface area contributed by atoms with Gasteiger partial charge < -0.3 is 5.11 Å². The molecule has 110 valence electrons. The zero-order valence-corrected chi connectivity index (χ0v) is 12.9. The van der Waals surface area contributed by atoms with Crippen LogP contribution in [0.3, 0.4) is 0 Å². The number of benzene rings is 1. The summed E-state index contributed by atoms with van der Waals surface area (Å²) in [5, 5.41) is 9.04. The fourth-order valence-corrected chi connectivity index (χ4v) is 4.11. The van der Waals surface area contributed by atoms with Gasteiger partial charge in [-0.25, -0.2) is 13.1 Å². The van der Waals surface area contributed by atoms with Gasteiger partial charge in [-0.05, 0) is 24.5 Å². The number of hydrogen-bond donors (Lipinski definition) is 2. The molecule has 0 saturated carbocycles. The van der Waals surface area contributed by atoms with Gasteiger partial charge in [0, 0.05) is 12.6 Å². The van der Waals surface area contributed by atoms with E-state index in [9.17, 15) is 8.42 Å². The van der Waals surface area contributed by atoms with Gasteiger partial charge in [0.25, 0.3) is 0 Å². The van der Waals surface area contributed by atoms with Crippen molar-refractivity contribution in [2.45, 2.75) is 31.2 Å². The van der Waals surface area contributed by atoms with Crippen LogP contribution in [0, 0.1) is 5.92 Å². The van der Waals surface area contributed by atoms with Crippen molar-refractivity contribution in [1.29, 1.82) is 0 Å². The molecule has 1 heterocycles. The second-order valence-corrected chi connectivity index (χ2v) is 7.08. The molecule has 6 nitrogen and oxygen atoms in total. The van der Waals surface area contributed by atoms with Gasteiger partial charge in [-0.3, -0.25) is 0 Å². The maximum Gasteiger partial charge on any atom is 0.243 e. The van der Waals surface area contributed by atoms with Crippen LogP contribution in [0.2, 0.25) is 0 Å². The minimum atomic E-state index is -3.68. The smallest absolute Gasteiger partial charge is 0.243 e. The van der Waals surface area contributed by atoms with Crippen LogP contribution >= 0.6 is 0 Å². The molecule has 0 radical (unpaired) electrons. The predicted octanol–water partition coefficient (Wildman–Crippen LogP) is 2.10. The molecular weight excluding hydrogens is 298 g/mol. The Morgan fingerprint density at radius 2 is 2.10 bits per heavy atom. The summed E-state index contributed by atoms with van der Waals surface area (Å²) in [7, 11) is -3.68. The van der Waals surface area contributed by atoms with Crippen LogP contribution in [0.4, 0.5) is 11.4 Å². The molecule has 0 aromatic heterocycles. The second-order valence-electron chi connectivity index (χ2n) is 4.87. The van der Waals surface area contributed by atoms with Crippen molar-refractivity contribution < 1.29 is 13.5 Å². The number of rotatable bonds is 6. The maximum absolute atomic E-state index is 12.5. The minimum Gasteiger partial charge on any atom is -0.396 e. The highest BCUT2D eigenvalue weighted by atomic mass is 32.2. The molecule has 0 fully saturated rings. The first kappa shape index (κ1) is 15.3. The number of sulfonamides is 1. The highest BCUT2D eigenvalue weighted by Gasteiger charge is 2.26. The zero-order chi connectivity index (χ0) is 14.8. The van der Waals surface area contributed by atoms with Crippen molar-refractivity contribution >= 4 is 32.8 Å². The van der Waals surface area contributed by atoms with Crippen molar-refractivity contribution in [1.82, 2.24) is 4.72 Å². The van der Waals surface area contributed by atoms with E-state index in [0.717, 1.165) is 11.4 Å². The lowest BCUT2D eigenvalue weighted by Gasteiger charge is -2.21. The Labute approximate surface area is 122 Å². The molecule has 1 aromatic carbocycles. The van der Waals surface area contributed by atoms with Crippen LogP contribution in [-0.4, -0.2) is 26.2 Å². The SMILES string of the molecule is CC(C)C(CCO)NS(=O)(=O)c1cccc2c1N=S=N2. The number of nitrogens with zero attached hydrogens (tertiary/aromatic N) is 2. The van der Waals surface area contributed by atoms with E-state index in [-0.39, 0.29) is 23.5 Å². The van der Waals surface area contributed by atoms with Crippen LogP contribution in [-0.2, 0) is 21.4 Å². The highest BCUT2D eigenvalue weighted by molar-refractivity contribution is 7.89. The Kier molecular flexibility index (Phi) is 4.69. The first-order valence-corrected chi connectivity index (χ1v) is 8.51. The van der Waals surface area contributed by atoms with E-state index in [0.29, 0.717) is 17.8 Å². The number of fused-ring (bicyclic) bond motifs is 1. The fourth-order valence-electron chi connectivity index (χ4n) is 1.93. The summed E-state index contributed by atoms with van der Waals surface area (Å²) in [5.74, 6) is 0.0877. The molecule has 20 heavy (non-hydrogen) atoms. The first-order valence-electron chi connectivity index (χ1n) is 6.30. The average molecular weight is 315 g/mol. The number of nitrogens with one attached hydrogen (secondary N) is 1. The van der Waals surface area contributed by atoms with Gasteiger partial charge in [-0.15, -0.1) is 0 Å². The molecule has 0 bridgehead atoms. The molecule has 0 aliphatic carbocycles. The Balaban J connectivity index is 2.32. The fraction of sp³-hybridized carbons (Fsp3) is 0.500. The van der Waals surface area contributed by atoms with Crippen molar-refractivity contribution in [2.75, 3.05) is 6.61 Å². The van der Waals surface area contributed by atoms with Crippen LogP contribution in [0.25, 0.3) is 0 Å². The summed E-state index contributed by atoms with van der Waals surface area (Å²) in [4.78, 5) is 0.132. The van der Waals surface area contributed by atoms with Crippen LogP contribution in [0.15, 0.2) is 31.8 Å². The number of aliphatic hydroxyl groups is 1. The Morgan fingerprint density at radius 1 is 1.35 bits per heavy atom. The summed E-state index contributed by atoms with van der Waals surface area (Å²) >= 11 is 0.986. The van der Waals surface area contributed by atoms with E-state index in [2.05, 4.69) is 13.4 Å². The Morgan fingerprint density at radius 3 is 2.75 bits per heavy atom. The molecule has 1 aromatic rings. The van der Waals surface area contributed by atoms with E-state index in [1.165, 1.54) is 6.07 Å². The van der Waals surface area contributed by atoms with Gasteiger partial charge in [0.15, 0.2) is 0 Å². The third kappa shape index (κ3) is 3.14. The van der Waals surface area contributed by atoms with Crippen LogP contribution in [0.1, 0.15) is 20.3 Å². The summed E-state index contributed by atoms with van der Waals surface area (Å²) in [6.07, 6.45) is 0.377. The summed E-state index contributed by atoms with van der Waals surface area (Å²) in [5.41, 5.74) is 0.956. The monoisotopic (exact) mass is 315 g/mol. The topological polar surface area (TPSA) is 91.1 Å². The summed E-state index contributed by atoms with van der Waals surface area (Å²) < 4.78 is 35.7. The summed E-state index contributed by atoms with van der Waals surface area (Å²) in [6, 6.07) is 4.58. The Hall–Kier alpha value is -1.09. The second kappa shape index (κ2) is 6.13. The lowest BCUT2D eigenvalue weighted by atomic mass is 10.0. The van der Waals surface area contributed by atoms with Crippen molar-refractivity contribution in [3.8, 4) is 0 Å². The van der Waals surface area contributed by atoms with E-state index < -0.39 is 10.0 Å². The van der Waals surface area contributed by atoms with E-state index >= 15 is 0 Å². The van der Waals surface area contributed by atoms with Gasteiger partial charge in [0.2, 0.25) is 10.0 Å². The number of aliphatic hydroxyl groups excluding tert-OH is 1. The van der Waals surface area contributed by atoms with Crippen LogP contribution in [0.5, 0.6) is 0 Å². The van der Waals surface area contributed by atoms with E-state index in [1.54, 1.807) is 12.1 Å². The largest absolute Gasteiger partial charge is 0.396 e. The van der Waals surface area contributed by atoms with E-state index in [4.69, 9.17) is 5.11 Å². The highest BCUT2D eigenvalue weighted by Crippen LogP contribution is 2.37. The number of hydrogen-bond acceptors (Lipinski definition) is 5. The molecule has 0 amide bonds. The van der Waals surface area contributed by atoms with Gasteiger partial charge in [-0.1, -0.05) is 19.9 Å². The molecule has 1 aliphatic heterocycles. The zero-order valence-electron chi connectivity index (χ0n) is 11.3. The molecule has 0 spiro atoms. The standard InChI is InChI=1S/C12H17N3O3S2/c1-8(2)9(6-7-16)15-20(17,18)11-5-3-4-10-12(11)14-19-13-10/h3-5,8-9,15-16H,6-7H2,1-2H3. The van der Waals surface area contributed by atoms with Crippen molar-refractivity contribution in [2.24, 2.45) is 14.6 Å². The van der Waals surface area contributed by atoms with E-state index in [1.807, 2.05) is 13.8 Å². The maximum atomic E-state index is 12.5. The molecule has 1 unspecified atom stereocenters. The molecule has 2 N–H and O–H groups in total. The molecule has 1 atom stereocenters. The third-order valence-electron chi connectivity index (χ3n) is 3.09. The molecular formula is C12H17N3O3S2. The van der Waals surface area contributed by atoms with Crippen molar-refractivity contribution in [3.63, 3.8) is 0 Å². The lowest BCUT2D eigenvalue weighted by Crippen LogP contribution is -2.39. The molecule has 0 saturated heterocycles. The van der Waals surface area contributed by atoms with Crippen LogP contribution < -0.4 is 4.72 Å².